The summed E-state index contributed by atoms with van der Waals surface area (Å²) in [5.74, 6) is -0.574. The number of hydrogen-bond donors (Lipinski definition) is 1. The average Bonchev–Trinajstić information content (AvgIpc) is 2.89. The number of amides is 2. The highest BCUT2D eigenvalue weighted by molar-refractivity contribution is 6.32. The van der Waals surface area contributed by atoms with Gasteiger partial charge in [0.25, 0.3) is 0 Å². The van der Waals surface area contributed by atoms with Gasteiger partial charge in [-0.2, -0.15) is 0 Å². The number of carbonyl (C=O) groups excluding carboxylic acids is 2. The summed E-state index contributed by atoms with van der Waals surface area (Å²) in [5, 5.41) is 2.91. The zero-order valence-corrected chi connectivity index (χ0v) is 8.54. The summed E-state index contributed by atoms with van der Waals surface area (Å²) in [6, 6.07) is 7.22. The van der Waals surface area contributed by atoms with Crippen molar-refractivity contribution in [1.82, 2.24) is 5.32 Å². The molecule has 2 amide bonds. The Morgan fingerprint density at radius 3 is 2.60 bits per heavy atom. The standard InChI is InChI=1S/C11H8ClNO2/c12-8-4-2-1-3-6(8)11-5-7(11)9(14)13-10(11)15/h1-4,7H,5H2,(H,13,14,15). The number of imide groups is 1. The molecule has 2 aliphatic rings. The predicted octanol–water partition coefficient (Wildman–Crippen LogP) is 1.25. The molecule has 1 aliphatic heterocycles. The van der Waals surface area contributed by atoms with Crippen LogP contribution in [0.15, 0.2) is 24.3 Å². The number of rotatable bonds is 1. The predicted molar refractivity (Wildman–Crippen MR) is 54.4 cm³/mol. The third kappa shape index (κ3) is 0.960. The second-order valence-electron chi connectivity index (χ2n) is 4.03. The second-order valence-corrected chi connectivity index (χ2v) is 4.43. The van der Waals surface area contributed by atoms with Crippen LogP contribution in [0.25, 0.3) is 0 Å². The van der Waals surface area contributed by atoms with E-state index in [1.807, 2.05) is 18.2 Å². The molecule has 3 rings (SSSR count). The lowest BCUT2D eigenvalue weighted by Crippen LogP contribution is -2.30. The van der Waals surface area contributed by atoms with Crippen molar-refractivity contribution in [3.8, 4) is 0 Å². The molecule has 1 saturated carbocycles. The molecule has 0 aromatic heterocycles. The van der Waals surface area contributed by atoms with Gasteiger partial charge < -0.3 is 0 Å². The summed E-state index contributed by atoms with van der Waals surface area (Å²) in [7, 11) is 0. The Bertz CT molecular complexity index is 485. The van der Waals surface area contributed by atoms with Gasteiger partial charge in [0.15, 0.2) is 0 Å². The number of fused-ring (bicyclic) bond motifs is 1. The van der Waals surface area contributed by atoms with Crippen molar-refractivity contribution in [3.63, 3.8) is 0 Å². The summed E-state index contributed by atoms with van der Waals surface area (Å²) < 4.78 is 0. The first-order valence-corrected chi connectivity index (χ1v) is 5.14. The van der Waals surface area contributed by atoms with Crippen molar-refractivity contribution in [2.24, 2.45) is 5.92 Å². The Hall–Kier alpha value is -1.35. The summed E-state index contributed by atoms with van der Waals surface area (Å²) in [6.07, 6.45) is 0.599. The maximum atomic E-state index is 11.7. The number of nitrogens with one attached hydrogen (secondary N) is 1. The number of piperidine rings is 1. The fourth-order valence-electron chi connectivity index (χ4n) is 2.38. The fourth-order valence-corrected chi connectivity index (χ4v) is 2.69. The molecular formula is C11H8ClNO2. The molecule has 1 aromatic rings. The van der Waals surface area contributed by atoms with E-state index in [2.05, 4.69) is 5.32 Å². The minimum absolute atomic E-state index is 0.167. The zero-order chi connectivity index (χ0) is 10.6. The van der Waals surface area contributed by atoms with Gasteiger partial charge in [0, 0.05) is 5.02 Å². The third-order valence-electron chi connectivity index (χ3n) is 3.27. The first-order valence-electron chi connectivity index (χ1n) is 4.76. The van der Waals surface area contributed by atoms with Crippen LogP contribution in [0.4, 0.5) is 0 Å². The monoisotopic (exact) mass is 221 g/mol. The van der Waals surface area contributed by atoms with E-state index in [9.17, 15) is 9.59 Å². The van der Waals surface area contributed by atoms with Crippen LogP contribution in [0.1, 0.15) is 12.0 Å². The highest BCUT2D eigenvalue weighted by Gasteiger charge is 2.70. The molecule has 3 nitrogen and oxygen atoms in total. The smallest absolute Gasteiger partial charge is 0.238 e. The molecule has 1 saturated heterocycles. The molecule has 76 valence electrons. The van der Waals surface area contributed by atoms with E-state index < -0.39 is 5.41 Å². The molecule has 1 N–H and O–H groups in total. The minimum Gasteiger partial charge on any atom is -0.295 e. The largest absolute Gasteiger partial charge is 0.295 e. The summed E-state index contributed by atoms with van der Waals surface area (Å²) >= 11 is 6.04. The Kier molecular flexibility index (Phi) is 1.55. The summed E-state index contributed by atoms with van der Waals surface area (Å²) in [4.78, 5) is 23.1. The van der Waals surface area contributed by atoms with E-state index in [-0.39, 0.29) is 17.7 Å². The lowest BCUT2D eigenvalue weighted by molar-refractivity contribution is -0.127. The van der Waals surface area contributed by atoms with Gasteiger partial charge in [0.2, 0.25) is 11.8 Å². The molecular weight excluding hydrogens is 214 g/mol. The third-order valence-corrected chi connectivity index (χ3v) is 3.60. The van der Waals surface area contributed by atoms with Crippen LogP contribution in [0.3, 0.4) is 0 Å². The average molecular weight is 222 g/mol. The van der Waals surface area contributed by atoms with Crippen LogP contribution in [0.5, 0.6) is 0 Å². The number of hydrogen-bond acceptors (Lipinski definition) is 2. The normalized spacial score (nSPS) is 32.5. The second kappa shape index (κ2) is 2.61. The molecule has 4 heteroatoms. The molecule has 2 fully saturated rings. The van der Waals surface area contributed by atoms with Crippen molar-refractivity contribution < 1.29 is 9.59 Å². The molecule has 0 radical (unpaired) electrons. The lowest BCUT2D eigenvalue weighted by Gasteiger charge is -2.11. The molecule has 2 atom stereocenters. The molecule has 2 unspecified atom stereocenters. The van der Waals surface area contributed by atoms with Crippen molar-refractivity contribution in [1.29, 1.82) is 0 Å². The maximum Gasteiger partial charge on any atom is 0.238 e. The van der Waals surface area contributed by atoms with Crippen molar-refractivity contribution in [2.45, 2.75) is 11.8 Å². The van der Waals surface area contributed by atoms with Gasteiger partial charge in [-0.1, -0.05) is 29.8 Å². The SMILES string of the molecule is O=C1NC(=O)C2(c3ccccc3Cl)CC12. The Morgan fingerprint density at radius 1 is 1.33 bits per heavy atom. The quantitative estimate of drug-likeness (QED) is 0.726. The highest BCUT2D eigenvalue weighted by Crippen LogP contribution is 2.59. The number of halogens is 1. The van der Waals surface area contributed by atoms with E-state index in [4.69, 9.17) is 11.6 Å². The first kappa shape index (κ1) is 8.92. The van der Waals surface area contributed by atoms with E-state index in [0.717, 1.165) is 5.56 Å². The molecule has 1 heterocycles. The molecule has 0 bridgehead atoms. The summed E-state index contributed by atoms with van der Waals surface area (Å²) in [6.45, 7) is 0. The van der Waals surface area contributed by atoms with Gasteiger partial charge >= 0.3 is 0 Å². The van der Waals surface area contributed by atoms with Crippen LogP contribution in [-0.2, 0) is 15.0 Å². The van der Waals surface area contributed by atoms with E-state index >= 15 is 0 Å². The zero-order valence-electron chi connectivity index (χ0n) is 7.79. The topological polar surface area (TPSA) is 46.2 Å². The van der Waals surface area contributed by atoms with E-state index in [0.29, 0.717) is 11.4 Å². The lowest BCUT2D eigenvalue weighted by atomic mass is 9.94. The van der Waals surface area contributed by atoms with E-state index in [1.165, 1.54) is 0 Å². The summed E-state index contributed by atoms with van der Waals surface area (Å²) in [5.41, 5.74) is 0.120. The van der Waals surface area contributed by atoms with Crippen LogP contribution in [-0.4, -0.2) is 11.8 Å². The van der Waals surface area contributed by atoms with E-state index in [1.54, 1.807) is 6.07 Å². The Morgan fingerprint density at radius 2 is 2.07 bits per heavy atom. The van der Waals surface area contributed by atoms with Gasteiger partial charge in [-0.3, -0.25) is 14.9 Å². The first-order chi connectivity index (χ1) is 7.16. The molecule has 0 spiro atoms. The van der Waals surface area contributed by atoms with Gasteiger partial charge in [-0.15, -0.1) is 0 Å². The van der Waals surface area contributed by atoms with Gasteiger partial charge in [-0.05, 0) is 18.1 Å². The number of carbonyl (C=O) groups is 2. The van der Waals surface area contributed by atoms with Crippen LogP contribution in [0.2, 0.25) is 5.02 Å². The minimum atomic E-state index is -0.657. The van der Waals surface area contributed by atoms with Crippen LogP contribution >= 0.6 is 11.6 Å². The molecule has 1 aliphatic carbocycles. The Balaban J connectivity index is 2.14. The number of benzene rings is 1. The fraction of sp³-hybridized carbons (Fsp3) is 0.273. The van der Waals surface area contributed by atoms with Gasteiger partial charge in [0.1, 0.15) is 0 Å². The van der Waals surface area contributed by atoms with Crippen molar-refractivity contribution in [2.75, 3.05) is 0 Å². The van der Waals surface area contributed by atoms with Gasteiger partial charge in [-0.25, -0.2) is 0 Å². The maximum absolute atomic E-state index is 11.7. The van der Waals surface area contributed by atoms with Gasteiger partial charge in [0.05, 0.1) is 11.3 Å². The molecule has 15 heavy (non-hydrogen) atoms. The highest BCUT2D eigenvalue weighted by atomic mass is 35.5. The van der Waals surface area contributed by atoms with Crippen molar-refractivity contribution >= 4 is 23.4 Å². The van der Waals surface area contributed by atoms with Crippen LogP contribution < -0.4 is 5.32 Å². The van der Waals surface area contributed by atoms with Crippen molar-refractivity contribution in [3.05, 3.63) is 34.9 Å². The Labute approximate surface area is 91.4 Å². The molecule has 1 aromatic carbocycles. The van der Waals surface area contributed by atoms with Crippen LogP contribution in [0, 0.1) is 5.92 Å².